The Kier molecular flexibility index (Phi) is 3.12. The molecule has 15 heavy (non-hydrogen) atoms. The first kappa shape index (κ1) is 11.7. The summed E-state index contributed by atoms with van der Waals surface area (Å²) in [6.07, 6.45) is 0. The van der Waals surface area contributed by atoms with Crippen molar-refractivity contribution in [1.82, 2.24) is 0 Å². The number of carbonyl (C=O) groups excluding carboxylic acids is 1. The van der Waals surface area contributed by atoms with Gasteiger partial charge in [0, 0.05) is 6.92 Å². The van der Waals surface area contributed by atoms with E-state index in [2.05, 4.69) is 5.32 Å². The molecule has 0 bridgehead atoms. The number of hydrogen-bond donors (Lipinski definition) is 1. The highest BCUT2D eigenvalue weighted by Gasteiger charge is 2.20. The van der Waals surface area contributed by atoms with E-state index in [1.165, 1.54) is 6.92 Å². The summed E-state index contributed by atoms with van der Waals surface area (Å²) in [6, 6.07) is 5.04. The SMILES string of the molecule is CC(=O)Nc1cccc(C(C)(C)C)c1F. The molecule has 0 radical (unpaired) electrons. The maximum Gasteiger partial charge on any atom is 0.221 e. The van der Waals surface area contributed by atoms with Gasteiger partial charge in [0.05, 0.1) is 5.69 Å². The predicted octanol–water partition coefficient (Wildman–Crippen LogP) is 3.08. The van der Waals surface area contributed by atoms with Crippen LogP contribution in [0.2, 0.25) is 0 Å². The normalized spacial score (nSPS) is 11.3. The Labute approximate surface area is 89.5 Å². The van der Waals surface area contributed by atoms with Gasteiger partial charge >= 0.3 is 0 Å². The molecule has 0 aliphatic carbocycles. The van der Waals surface area contributed by atoms with Gasteiger partial charge in [0.25, 0.3) is 0 Å². The highest BCUT2D eigenvalue weighted by Crippen LogP contribution is 2.28. The number of nitrogens with one attached hydrogen (secondary N) is 1. The van der Waals surface area contributed by atoms with Crippen molar-refractivity contribution in [3.8, 4) is 0 Å². The van der Waals surface area contributed by atoms with E-state index in [4.69, 9.17) is 0 Å². The summed E-state index contributed by atoms with van der Waals surface area (Å²) in [4.78, 5) is 10.8. The van der Waals surface area contributed by atoms with Crippen LogP contribution in [0.25, 0.3) is 0 Å². The molecule has 1 amide bonds. The zero-order chi connectivity index (χ0) is 11.6. The first-order valence-electron chi connectivity index (χ1n) is 4.89. The van der Waals surface area contributed by atoms with E-state index in [1.807, 2.05) is 20.8 Å². The molecule has 0 aromatic heterocycles. The second-order valence-electron chi connectivity index (χ2n) is 4.60. The van der Waals surface area contributed by atoms with E-state index >= 15 is 0 Å². The van der Waals surface area contributed by atoms with Gasteiger partial charge in [-0.25, -0.2) is 4.39 Å². The molecule has 0 spiro atoms. The fourth-order valence-electron chi connectivity index (χ4n) is 1.40. The lowest BCUT2D eigenvalue weighted by molar-refractivity contribution is -0.114. The van der Waals surface area contributed by atoms with Gasteiger partial charge in [0.15, 0.2) is 0 Å². The van der Waals surface area contributed by atoms with Gasteiger partial charge in [-0.15, -0.1) is 0 Å². The molecule has 2 nitrogen and oxygen atoms in total. The van der Waals surface area contributed by atoms with Gasteiger partial charge in [0.2, 0.25) is 5.91 Å². The molecule has 3 heteroatoms. The van der Waals surface area contributed by atoms with E-state index in [9.17, 15) is 9.18 Å². The molecule has 1 aromatic rings. The first-order valence-corrected chi connectivity index (χ1v) is 4.89. The maximum atomic E-state index is 13.9. The lowest BCUT2D eigenvalue weighted by Gasteiger charge is -2.21. The van der Waals surface area contributed by atoms with Gasteiger partial charge in [-0.3, -0.25) is 4.79 Å². The van der Waals surface area contributed by atoms with Crippen LogP contribution >= 0.6 is 0 Å². The number of anilines is 1. The van der Waals surface area contributed by atoms with Gasteiger partial charge in [0.1, 0.15) is 5.82 Å². The maximum absolute atomic E-state index is 13.9. The molecule has 0 aliphatic heterocycles. The first-order chi connectivity index (χ1) is 6.82. The lowest BCUT2D eigenvalue weighted by atomic mass is 9.86. The van der Waals surface area contributed by atoms with Crippen molar-refractivity contribution in [2.24, 2.45) is 0 Å². The molecule has 1 N–H and O–H groups in total. The molecular formula is C12H16FNO. The van der Waals surface area contributed by atoms with E-state index < -0.39 is 0 Å². The van der Waals surface area contributed by atoms with Crippen LogP contribution in [0, 0.1) is 5.82 Å². The molecule has 0 atom stereocenters. The fraction of sp³-hybridized carbons (Fsp3) is 0.417. The van der Waals surface area contributed by atoms with Crippen LogP contribution in [0.5, 0.6) is 0 Å². The number of amides is 1. The molecule has 0 saturated carbocycles. The molecule has 1 aromatic carbocycles. The summed E-state index contributed by atoms with van der Waals surface area (Å²) in [5, 5.41) is 2.47. The molecule has 0 aliphatic rings. The molecule has 0 heterocycles. The Morgan fingerprint density at radius 1 is 1.33 bits per heavy atom. The van der Waals surface area contributed by atoms with Crippen molar-refractivity contribution < 1.29 is 9.18 Å². The number of halogens is 1. The second kappa shape index (κ2) is 4.01. The largest absolute Gasteiger partial charge is 0.324 e. The fourth-order valence-corrected chi connectivity index (χ4v) is 1.40. The zero-order valence-corrected chi connectivity index (χ0v) is 9.52. The molecular weight excluding hydrogens is 193 g/mol. The smallest absolute Gasteiger partial charge is 0.221 e. The van der Waals surface area contributed by atoms with Gasteiger partial charge in [-0.2, -0.15) is 0 Å². The summed E-state index contributed by atoms with van der Waals surface area (Å²) in [5.74, 6) is -0.611. The van der Waals surface area contributed by atoms with Crippen molar-refractivity contribution in [1.29, 1.82) is 0 Å². The zero-order valence-electron chi connectivity index (χ0n) is 9.52. The van der Waals surface area contributed by atoms with Crippen molar-refractivity contribution in [3.05, 3.63) is 29.6 Å². The van der Waals surface area contributed by atoms with E-state index in [0.717, 1.165) is 0 Å². The average molecular weight is 209 g/mol. The third kappa shape index (κ3) is 2.78. The van der Waals surface area contributed by atoms with Crippen LogP contribution in [0.1, 0.15) is 33.3 Å². The highest BCUT2D eigenvalue weighted by molar-refractivity contribution is 5.88. The van der Waals surface area contributed by atoms with Crippen LogP contribution in [0.15, 0.2) is 18.2 Å². The minimum atomic E-state index is -0.347. The summed E-state index contributed by atoms with van der Waals surface area (Å²) in [5.41, 5.74) is 0.585. The van der Waals surface area contributed by atoms with Crippen LogP contribution in [0.3, 0.4) is 0 Å². The standard InChI is InChI=1S/C12H16FNO/c1-8(15)14-10-7-5-6-9(11(10)13)12(2,3)4/h5-7H,1-4H3,(H,14,15). The Morgan fingerprint density at radius 2 is 1.93 bits per heavy atom. The number of rotatable bonds is 1. The van der Waals surface area contributed by atoms with Crippen molar-refractivity contribution >= 4 is 11.6 Å². The van der Waals surface area contributed by atoms with Gasteiger partial charge in [-0.05, 0) is 17.0 Å². The number of carbonyl (C=O) groups is 1. The van der Waals surface area contributed by atoms with Crippen LogP contribution < -0.4 is 5.32 Å². The minimum Gasteiger partial charge on any atom is -0.324 e. The Hall–Kier alpha value is -1.38. The minimum absolute atomic E-state index is 0.245. The summed E-state index contributed by atoms with van der Waals surface area (Å²) >= 11 is 0. The van der Waals surface area contributed by atoms with Gasteiger partial charge < -0.3 is 5.32 Å². The van der Waals surface area contributed by atoms with E-state index in [0.29, 0.717) is 5.56 Å². The van der Waals surface area contributed by atoms with Crippen LogP contribution in [-0.2, 0) is 10.2 Å². The molecule has 0 fully saturated rings. The third-order valence-electron chi connectivity index (χ3n) is 2.12. The predicted molar refractivity (Wildman–Crippen MR) is 59.4 cm³/mol. The van der Waals surface area contributed by atoms with Crippen LogP contribution in [0.4, 0.5) is 10.1 Å². The molecule has 1 rings (SSSR count). The third-order valence-corrected chi connectivity index (χ3v) is 2.12. The summed E-state index contributed by atoms with van der Waals surface area (Å²) < 4.78 is 13.9. The second-order valence-corrected chi connectivity index (χ2v) is 4.60. The van der Waals surface area contributed by atoms with Crippen molar-refractivity contribution in [3.63, 3.8) is 0 Å². The molecule has 0 saturated heterocycles. The topological polar surface area (TPSA) is 29.1 Å². The van der Waals surface area contributed by atoms with E-state index in [1.54, 1.807) is 18.2 Å². The summed E-state index contributed by atoms with van der Waals surface area (Å²) in [7, 11) is 0. The van der Waals surface area contributed by atoms with E-state index in [-0.39, 0.29) is 22.8 Å². The summed E-state index contributed by atoms with van der Waals surface area (Å²) in [6.45, 7) is 7.16. The molecule has 82 valence electrons. The Balaban J connectivity index is 3.17. The molecule has 0 unspecified atom stereocenters. The van der Waals surface area contributed by atoms with Crippen LogP contribution in [-0.4, -0.2) is 5.91 Å². The number of hydrogen-bond acceptors (Lipinski definition) is 1. The highest BCUT2D eigenvalue weighted by atomic mass is 19.1. The monoisotopic (exact) mass is 209 g/mol. The van der Waals surface area contributed by atoms with Crippen molar-refractivity contribution in [2.75, 3.05) is 5.32 Å². The Bertz CT molecular complexity index is 380. The van der Waals surface area contributed by atoms with Crippen molar-refractivity contribution in [2.45, 2.75) is 33.1 Å². The number of benzene rings is 1. The Morgan fingerprint density at radius 3 is 2.40 bits per heavy atom. The van der Waals surface area contributed by atoms with Gasteiger partial charge in [-0.1, -0.05) is 32.9 Å². The average Bonchev–Trinajstić information content (AvgIpc) is 2.05. The quantitative estimate of drug-likeness (QED) is 0.756. The lowest BCUT2D eigenvalue weighted by Crippen LogP contribution is -2.16.